The Morgan fingerprint density at radius 1 is 1.03 bits per heavy atom. The van der Waals surface area contributed by atoms with Crippen LogP contribution in [0.2, 0.25) is 5.02 Å². The Balaban J connectivity index is 2.05. The van der Waals surface area contributed by atoms with E-state index in [0.717, 1.165) is 23.8 Å². The van der Waals surface area contributed by atoms with Gasteiger partial charge in [0, 0.05) is 22.3 Å². The number of carbonyl (C=O) groups is 1. The second-order valence-electron chi connectivity index (χ2n) is 8.32. The number of halogens is 7. The normalized spacial score (nSPS) is 13.4. The largest absolute Gasteiger partial charge is 0.399 e. The molecule has 0 bridgehead atoms. The molecule has 0 aliphatic carbocycles. The highest BCUT2D eigenvalue weighted by Crippen LogP contribution is 2.41. The minimum Gasteiger partial charge on any atom is -0.308 e. The molecular weight excluding hydrogens is 506 g/mol. The maximum atomic E-state index is 15.1. The first-order chi connectivity index (χ1) is 16.7. The topological polar surface area (TPSA) is 42.0 Å². The number of aldehydes is 1. The van der Waals surface area contributed by atoms with Crippen molar-refractivity contribution in [1.82, 2.24) is 4.98 Å². The second kappa shape index (κ2) is 10.3. The van der Waals surface area contributed by atoms with Crippen molar-refractivity contribution in [2.24, 2.45) is 0 Å². The van der Waals surface area contributed by atoms with Crippen LogP contribution in [0.1, 0.15) is 49.7 Å². The monoisotopic (exact) mass is 526 g/mol. The average Bonchev–Trinajstić information content (AvgIpc) is 2.80. The van der Waals surface area contributed by atoms with Crippen molar-refractivity contribution in [3.63, 3.8) is 0 Å². The van der Waals surface area contributed by atoms with Gasteiger partial charge in [0.1, 0.15) is 17.6 Å². The van der Waals surface area contributed by atoms with Gasteiger partial charge in [-0.1, -0.05) is 35.9 Å². The van der Waals surface area contributed by atoms with Crippen molar-refractivity contribution < 1.29 is 31.1 Å². The Morgan fingerprint density at radius 3 is 2.28 bits per heavy atom. The molecule has 1 atom stereocenters. The summed E-state index contributed by atoms with van der Waals surface area (Å²) in [6, 6.07) is 3.78. The fourth-order valence-corrected chi connectivity index (χ4v) is 3.77. The number of hydrogen-bond acceptors (Lipinski definition) is 3. The molecule has 0 aliphatic rings. The van der Waals surface area contributed by atoms with Crippen molar-refractivity contribution in [1.29, 1.82) is 0 Å². The fourth-order valence-electron chi connectivity index (χ4n) is 3.49. The van der Waals surface area contributed by atoms with Gasteiger partial charge in [-0.05, 0) is 67.3 Å². The summed E-state index contributed by atoms with van der Waals surface area (Å²) in [5, 5.41) is 1.96. The minimum absolute atomic E-state index is 0.0844. The lowest BCUT2D eigenvalue weighted by molar-refractivity contribution is -0.139. The molecule has 2 aromatic carbocycles. The van der Waals surface area contributed by atoms with Crippen LogP contribution in [0, 0.1) is 20.8 Å². The van der Waals surface area contributed by atoms with Crippen LogP contribution in [0.4, 0.5) is 32.2 Å². The Hall–Kier alpha value is -3.33. The standard InChI is InChI=1S/C26H21ClF6N2O/c1-14-4-7-24(34-12-14)35-26(32,33)21-9-17(5-6-18(21)13-36)23(28)11-20(25(29,30)31)19-8-15(2)16(3)22(27)10-19/h4-13,20H,1-3H3,(H,34,35)/b23-11-. The van der Waals surface area contributed by atoms with Gasteiger partial charge in [-0.15, -0.1) is 0 Å². The molecule has 36 heavy (non-hydrogen) atoms. The molecular formula is C26H21ClF6N2O. The summed E-state index contributed by atoms with van der Waals surface area (Å²) < 4.78 is 86.8. The summed E-state index contributed by atoms with van der Waals surface area (Å²) in [6.07, 6.45) is -3.10. The zero-order chi connectivity index (χ0) is 26.8. The molecule has 3 rings (SSSR count). The number of aromatic nitrogens is 1. The van der Waals surface area contributed by atoms with Crippen molar-refractivity contribution >= 4 is 29.5 Å². The number of anilines is 1. The number of rotatable bonds is 7. The number of pyridine rings is 1. The molecule has 1 aromatic heterocycles. The van der Waals surface area contributed by atoms with E-state index in [1.165, 1.54) is 24.4 Å². The summed E-state index contributed by atoms with van der Waals surface area (Å²) in [5.74, 6) is -4.00. The third-order valence-electron chi connectivity index (χ3n) is 5.64. The highest BCUT2D eigenvalue weighted by atomic mass is 35.5. The van der Waals surface area contributed by atoms with E-state index in [2.05, 4.69) is 4.98 Å². The van der Waals surface area contributed by atoms with Crippen LogP contribution >= 0.6 is 11.6 Å². The third kappa shape index (κ3) is 6.07. The van der Waals surface area contributed by atoms with Crippen molar-refractivity contribution in [3.05, 3.63) is 98.7 Å². The van der Waals surface area contributed by atoms with Gasteiger partial charge in [0.15, 0.2) is 6.29 Å². The molecule has 0 saturated carbocycles. The molecule has 1 N–H and O–H groups in total. The van der Waals surface area contributed by atoms with Gasteiger partial charge >= 0.3 is 12.2 Å². The number of nitrogens with zero attached hydrogens (tertiary/aromatic N) is 1. The molecule has 3 aromatic rings. The van der Waals surface area contributed by atoms with Gasteiger partial charge in [0.05, 0.1) is 5.56 Å². The molecule has 0 radical (unpaired) electrons. The van der Waals surface area contributed by atoms with Crippen molar-refractivity contribution in [3.8, 4) is 0 Å². The number of carbonyl (C=O) groups excluding carboxylic acids is 1. The number of aryl methyl sites for hydroxylation is 2. The SMILES string of the molecule is Cc1ccc(NC(F)(F)c2cc(/C(F)=C/C(c3cc(C)c(C)c(Cl)c3)C(F)(F)F)ccc2C=O)nc1. The molecule has 0 saturated heterocycles. The first kappa shape index (κ1) is 27.3. The molecule has 1 unspecified atom stereocenters. The van der Waals surface area contributed by atoms with Crippen molar-refractivity contribution in [2.75, 3.05) is 5.32 Å². The summed E-state index contributed by atoms with van der Waals surface area (Å²) in [7, 11) is 0. The predicted molar refractivity (Wildman–Crippen MR) is 127 cm³/mol. The quantitative estimate of drug-likeness (QED) is 0.191. The first-order valence-electron chi connectivity index (χ1n) is 10.6. The number of hydrogen-bond donors (Lipinski definition) is 1. The first-order valence-corrected chi connectivity index (χ1v) is 11.0. The Labute approximate surface area is 208 Å². The summed E-state index contributed by atoms with van der Waals surface area (Å²) >= 11 is 6.04. The fraction of sp³-hybridized carbons (Fsp3) is 0.231. The lowest BCUT2D eigenvalue weighted by Gasteiger charge is -2.22. The molecule has 0 fully saturated rings. The van der Waals surface area contributed by atoms with Crippen LogP contribution in [0.5, 0.6) is 0 Å². The van der Waals surface area contributed by atoms with Gasteiger partial charge in [-0.2, -0.15) is 22.0 Å². The lowest BCUT2D eigenvalue weighted by Crippen LogP contribution is -2.27. The Kier molecular flexibility index (Phi) is 7.83. The molecule has 1 heterocycles. The van der Waals surface area contributed by atoms with E-state index in [0.29, 0.717) is 23.3 Å². The summed E-state index contributed by atoms with van der Waals surface area (Å²) in [5.41, 5.74) is -0.462. The molecule has 190 valence electrons. The van der Waals surface area contributed by atoms with E-state index in [4.69, 9.17) is 11.6 Å². The highest BCUT2D eigenvalue weighted by molar-refractivity contribution is 6.31. The number of alkyl halides is 5. The van der Waals surface area contributed by atoms with Crippen LogP contribution in [-0.4, -0.2) is 17.4 Å². The zero-order valence-electron chi connectivity index (χ0n) is 19.4. The third-order valence-corrected chi connectivity index (χ3v) is 6.03. The zero-order valence-corrected chi connectivity index (χ0v) is 20.1. The van der Waals surface area contributed by atoms with Crippen LogP contribution < -0.4 is 5.32 Å². The van der Waals surface area contributed by atoms with Gasteiger partial charge in [0.2, 0.25) is 0 Å². The highest BCUT2D eigenvalue weighted by Gasteiger charge is 2.40. The van der Waals surface area contributed by atoms with Crippen LogP contribution in [-0.2, 0) is 6.05 Å². The average molecular weight is 527 g/mol. The van der Waals surface area contributed by atoms with Gasteiger partial charge in [-0.3, -0.25) is 4.79 Å². The van der Waals surface area contributed by atoms with E-state index in [1.807, 2.05) is 5.32 Å². The number of benzene rings is 2. The van der Waals surface area contributed by atoms with Gasteiger partial charge in [-0.25, -0.2) is 9.37 Å². The molecule has 0 aliphatic heterocycles. The van der Waals surface area contributed by atoms with E-state index in [-0.39, 0.29) is 22.7 Å². The van der Waals surface area contributed by atoms with Gasteiger partial charge in [0.25, 0.3) is 0 Å². The number of nitrogens with one attached hydrogen (secondary N) is 1. The molecule has 3 nitrogen and oxygen atoms in total. The Morgan fingerprint density at radius 2 is 1.72 bits per heavy atom. The van der Waals surface area contributed by atoms with E-state index in [9.17, 15) is 18.0 Å². The Bertz CT molecular complexity index is 1280. The van der Waals surface area contributed by atoms with Gasteiger partial charge < -0.3 is 5.32 Å². The maximum Gasteiger partial charge on any atom is 0.399 e. The molecule has 0 amide bonds. The smallest absolute Gasteiger partial charge is 0.308 e. The van der Waals surface area contributed by atoms with E-state index in [1.54, 1.807) is 20.8 Å². The van der Waals surface area contributed by atoms with E-state index >= 15 is 13.2 Å². The lowest BCUT2D eigenvalue weighted by atomic mass is 9.93. The van der Waals surface area contributed by atoms with Crippen LogP contribution in [0.25, 0.3) is 5.83 Å². The predicted octanol–water partition coefficient (Wildman–Crippen LogP) is 8.29. The number of allylic oxidation sites excluding steroid dienone is 1. The van der Waals surface area contributed by atoms with E-state index < -0.39 is 40.7 Å². The van der Waals surface area contributed by atoms with Crippen LogP contribution in [0.15, 0.2) is 54.7 Å². The van der Waals surface area contributed by atoms with Crippen LogP contribution in [0.3, 0.4) is 0 Å². The second-order valence-corrected chi connectivity index (χ2v) is 8.73. The maximum absolute atomic E-state index is 15.1. The molecule has 10 heteroatoms. The summed E-state index contributed by atoms with van der Waals surface area (Å²) in [6.45, 7) is 4.91. The molecule has 0 spiro atoms. The van der Waals surface area contributed by atoms with Crippen molar-refractivity contribution in [2.45, 2.75) is 38.9 Å². The summed E-state index contributed by atoms with van der Waals surface area (Å²) in [4.78, 5) is 15.2. The minimum atomic E-state index is -4.89.